The van der Waals surface area contributed by atoms with Crippen molar-refractivity contribution in [1.82, 2.24) is 0 Å². The molecule has 2 N–H and O–H groups in total. The zero-order chi connectivity index (χ0) is 14.9. The van der Waals surface area contributed by atoms with Gasteiger partial charge in [-0.2, -0.15) is 0 Å². The van der Waals surface area contributed by atoms with E-state index in [4.69, 9.17) is 10.5 Å². The molecule has 0 heterocycles. The molecule has 0 fully saturated rings. The Labute approximate surface area is 124 Å². The molecule has 0 bridgehead atoms. The summed E-state index contributed by atoms with van der Waals surface area (Å²) in [7, 11) is 1.49. The molecule has 2 aromatic carbocycles. The first-order valence-corrected chi connectivity index (χ1v) is 6.67. The van der Waals surface area contributed by atoms with Crippen LogP contribution in [-0.4, -0.2) is 12.9 Å². The van der Waals surface area contributed by atoms with Crippen molar-refractivity contribution < 1.29 is 13.9 Å². The first kappa shape index (κ1) is 14.5. The van der Waals surface area contributed by atoms with Crippen molar-refractivity contribution in [2.24, 2.45) is 0 Å². The zero-order valence-electron chi connectivity index (χ0n) is 11.0. The summed E-state index contributed by atoms with van der Waals surface area (Å²) >= 11 is 3.38. The van der Waals surface area contributed by atoms with Gasteiger partial charge < -0.3 is 10.5 Å². The lowest BCUT2D eigenvalue weighted by Crippen LogP contribution is -2.08. The molecule has 0 aromatic heterocycles. The fourth-order valence-electron chi connectivity index (χ4n) is 1.89. The predicted molar refractivity (Wildman–Crippen MR) is 79.7 cm³/mol. The number of hydrogen-bond acceptors (Lipinski definition) is 3. The number of ether oxygens (including phenoxy) is 1. The second-order valence-corrected chi connectivity index (χ2v) is 5.22. The molecule has 0 saturated carbocycles. The summed E-state index contributed by atoms with van der Waals surface area (Å²) in [5, 5.41) is 0. The lowest BCUT2D eigenvalue weighted by Gasteiger charge is -2.11. The van der Waals surface area contributed by atoms with Gasteiger partial charge in [0.1, 0.15) is 11.6 Å². The second-order valence-electron chi connectivity index (χ2n) is 4.36. The third-order valence-electron chi connectivity index (χ3n) is 2.98. The zero-order valence-corrected chi connectivity index (χ0v) is 12.6. The van der Waals surface area contributed by atoms with Crippen LogP contribution < -0.4 is 10.5 Å². The van der Waals surface area contributed by atoms with Crippen molar-refractivity contribution in [3.05, 3.63) is 57.3 Å². The topological polar surface area (TPSA) is 52.3 Å². The molecule has 0 amide bonds. The minimum absolute atomic E-state index is 0.105. The quantitative estimate of drug-likeness (QED) is 0.686. The van der Waals surface area contributed by atoms with Crippen LogP contribution in [0.1, 0.15) is 21.5 Å². The molecule has 0 spiro atoms. The van der Waals surface area contributed by atoms with Crippen LogP contribution in [0, 0.1) is 12.7 Å². The number of nitrogens with two attached hydrogens (primary N) is 1. The third-order valence-corrected chi connectivity index (χ3v) is 3.84. The summed E-state index contributed by atoms with van der Waals surface area (Å²) < 4.78 is 19.1. The van der Waals surface area contributed by atoms with Crippen LogP contribution in [0.2, 0.25) is 0 Å². The van der Waals surface area contributed by atoms with Gasteiger partial charge in [-0.3, -0.25) is 4.79 Å². The fraction of sp³-hybridized carbons (Fsp3) is 0.133. The summed E-state index contributed by atoms with van der Waals surface area (Å²) in [6.07, 6.45) is 0. The van der Waals surface area contributed by atoms with Crippen LogP contribution in [0.5, 0.6) is 5.75 Å². The van der Waals surface area contributed by atoms with Gasteiger partial charge in [-0.05, 0) is 42.8 Å². The number of carbonyl (C=O) groups is 1. The Balaban J connectivity index is 2.55. The van der Waals surface area contributed by atoms with E-state index in [1.54, 1.807) is 12.1 Å². The maximum absolute atomic E-state index is 13.1. The summed E-state index contributed by atoms with van der Waals surface area (Å²) in [4.78, 5) is 12.5. The van der Waals surface area contributed by atoms with E-state index in [2.05, 4.69) is 15.9 Å². The van der Waals surface area contributed by atoms with Crippen molar-refractivity contribution >= 4 is 27.4 Å². The highest BCUT2D eigenvalue weighted by molar-refractivity contribution is 9.10. The molecule has 0 saturated heterocycles. The Bertz CT molecular complexity index is 686. The van der Waals surface area contributed by atoms with Gasteiger partial charge in [0.2, 0.25) is 0 Å². The van der Waals surface area contributed by atoms with Gasteiger partial charge in [0.05, 0.1) is 12.7 Å². The van der Waals surface area contributed by atoms with Gasteiger partial charge in [0, 0.05) is 15.7 Å². The van der Waals surface area contributed by atoms with E-state index in [0.29, 0.717) is 11.3 Å². The molecular formula is C15H13BrFNO2. The minimum atomic E-state index is -0.476. The molecule has 0 atom stereocenters. The number of benzene rings is 2. The molecule has 2 rings (SSSR count). The van der Waals surface area contributed by atoms with Gasteiger partial charge in [-0.1, -0.05) is 15.9 Å². The number of ketones is 1. The van der Waals surface area contributed by atoms with Crippen LogP contribution in [0.15, 0.2) is 34.8 Å². The number of nitrogen functional groups attached to an aromatic ring is 1. The van der Waals surface area contributed by atoms with Crippen molar-refractivity contribution in [2.45, 2.75) is 6.92 Å². The summed E-state index contributed by atoms with van der Waals surface area (Å²) in [6.45, 7) is 1.90. The number of carbonyl (C=O) groups excluding carboxylic acids is 1. The Morgan fingerprint density at radius 1 is 1.25 bits per heavy atom. The smallest absolute Gasteiger partial charge is 0.198 e. The normalized spacial score (nSPS) is 10.4. The molecule has 3 nitrogen and oxygen atoms in total. The maximum Gasteiger partial charge on any atom is 0.198 e. The average Bonchev–Trinajstić information content (AvgIpc) is 2.40. The highest BCUT2D eigenvalue weighted by Crippen LogP contribution is 2.30. The molecule has 0 aliphatic rings. The van der Waals surface area contributed by atoms with Crippen LogP contribution in [0.4, 0.5) is 10.1 Å². The predicted octanol–water partition coefficient (Wildman–Crippen LogP) is 3.72. The molecule has 0 aliphatic heterocycles. The second kappa shape index (κ2) is 5.63. The van der Waals surface area contributed by atoms with Crippen molar-refractivity contribution in [3.63, 3.8) is 0 Å². The van der Waals surface area contributed by atoms with E-state index in [-0.39, 0.29) is 17.0 Å². The Morgan fingerprint density at radius 2 is 1.95 bits per heavy atom. The number of hydrogen-bond donors (Lipinski definition) is 1. The Hall–Kier alpha value is -1.88. The Morgan fingerprint density at radius 3 is 2.55 bits per heavy atom. The lowest BCUT2D eigenvalue weighted by atomic mass is 9.99. The van der Waals surface area contributed by atoms with E-state index < -0.39 is 5.82 Å². The number of anilines is 1. The van der Waals surface area contributed by atoms with Gasteiger partial charge in [0.25, 0.3) is 0 Å². The molecule has 0 unspecified atom stereocenters. The summed E-state index contributed by atoms with van der Waals surface area (Å²) in [6, 6.07) is 7.15. The standard InChI is InChI=1S/C15H13BrFNO2/c1-8-5-14(20-2)11(7-12(8)16)15(19)10-4-3-9(17)6-13(10)18/h3-7H,18H2,1-2H3. The highest BCUT2D eigenvalue weighted by Gasteiger charge is 2.18. The fourth-order valence-corrected chi connectivity index (χ4v) is 2.23. The number of halogens is 2. The van der Waals surface area contributed by atoms with E-state index in [1.807, 2.05) is 6.92 Å². The molecule has 0 radical (unpaired) electrons. The van der Waals surface area contributed by atoms with Crippen molar-refractivity contribution in [1.29, 1.82) is 0 Å². The van der Waals surface area contributed by atoms with Crippen LogP contribution in [-0.2, 0) is 0 Å². The molecule has 104 valence electrons. The molecule has 0 aliphatic carbocycles. The van der Waals surface area contributed by atoms with Gasteiger partial charge in [-0.15, -0.1) is 0 Å². The van der Waals surface area contributed by atoms with Crippen LogP contribution in [0.3, 0.4) is 0 Å². The lowest BCUT2D eigenvalue weighted by molar-refractivity contribution is 0.103. The first-order chi connectivity index (χ1) is 9.43. The highest BCUT2D eigenvalue weighted by atomic mass is 79.9. The van der Waals surface area contributed by atoms with Crippen molar-refractivity contribution in [3.8, 4) is 5.75 Å². The summed E-state index contributed by atoms with van der Waals surface area (Å²) in [5.41, 5.74) is 7.39. The summed E-state index contributed by atoms with van der Waals surface area (Å²) in [5.74, 6) is -0.324. The Kier molecular flexibility index (Phi) is 4.09. The monoisotopic (exact) mass is 337 g/mol. The van der Waals surface area contributed by atoms with Gasteiger partial charge >= 0.3 is 0 Å². The van der Waals surface area contributed by atoms with E-state index in [9.17, 15) is 9.18 Å². The molecule has 5 heteroatoms. The maximum atomic E-state index is 13.1. The first-order valence-electron chi connectivity index (χ1n) is 5.88. The van der Waals surface area contributed by atoms with E-state index in [0.717, 1.165) is 16.1 Å². The SMILES string of the molecule is COc1cc(C)c(Br)cc1C(=O)c1ccc(F)cc1N. The number of methoxy groups -OCH3 is 1. The van der Waals surface area contributed by atoms with Crippen LogP contribution >= 0.6 is 15.9 Å². The number of aryl methyl sites for hydroxylation is 1. The van der Waals surface area contributed by atoms with Crippen LogP contribution in [0.25, 0.3) is 0 Å². The third kappa shape index (κ3) is 2.67. The molecule has 2 aromatic rings. The average molecular weight is 338 g/mol. The minimum Gasteiger partial charge on any atom is -0.496 e. The van der Waals surface area contributed by atoms with Crippen molar-refractivity contribution in [2.75, 3.05) is 12.8 Å². The van der Waals surface area contributed by atoms with Gasteiger partial charge in [0.15, 0.2) is 5.78 Å². The molecule has 20 heavy (non-hydrogen) atoms. The van der Waals surface area contributed by atoms with Gasteiger partial charge in [-0.25, -0.2) is 4.39 Å². The van der Waals surface area contributed by atoms with E-state index in [1.165, 1.54) is 19.2 Å². The van der Waals surface area contributed by atoms with E-state index >= 15 is 0 Å². The molecular weight excluding hydrogens is 325 g/mol. The number of rotatable bonds is 3. The largest absolute Gasteiger partial charge is 0.496 e.